The summed E-state index contributed by atoms with van der Waals surface area (Å²) in [6.07, 6.45) is 0. The molecular formula is C20H19FN4. The highest BCUT2D eigenvalue weighted by Crippen LogP contribution is 2.22. The highest BCUT2D eigenvalue weighted by Gasteiger charge is 2.08. The molecule has 3 aromatic rings. The van der Waals surface area contributed by atoms with E-state index in [2.05, 4.69) is 20.5 Å². The van der Waals surface area contributed by atoms with Crippen molar-refractivity contribution in [3.8, 4) is 11.3 Å². The second-order valence-electron chi connectivity index (χ2n) is 5.84. The normalized spacial score (nSPS) is 11.4. The zero-order valence-corrected chi connectivity index (χ0v) is 14.4. The lowest BCUT2D eigenvalue weighted by Crippen LogP contribution is -2.03. The summed E-state index contributed by atoms with van der Waals surface area (Å²) in [5, 5.41) is 4.38. The van der Waals surface area contributed by atoms with E-state index in [9.17, 15) is 4.39 Å². The van der Waals surface area contributed by atoms with Gasteiger partial charge in [-0.15, -0.1) is 0 Å². The monoisotopic (exact) mass is 334 g/mol. The Labute approximate surface area is 146 Å². The molecule has 3 rings (SSSR count). The lowest BCUT2D eigenvalue weighted by molar-refractivity contribution is 0.630. The predicted molar refractivity (Wildman–Crippen MR) is 99.2 cm³/mol. The standard InChI is InChI=1S/C20H19FN4/c1-13-8-10-16(11-9-13)14(2)24-25-20-12-19(22-15(3)23-20)17-6-4-5-7-18(17)21/h4-12H,1-3H3,(H,22,23,25)/b24-14+. The highest BCUT2D eigenvalue weighted by atomic mass is 19.1. The summed E-state index contributed by atoms with van der Waals surface area (Å²) < 4.78 is 14.0. The van der Waals surface area contributed by atoms with Crippen molar-refractivity contribution in [2.45, 2.75) is 20.8 Å². The lowest BCUT2D eigenvalue weighted by Gasteiger charge is -2.08. The molecule has 0 unspecified atom stereocenters. The SMILES string of the molecule is C/C(=N\Nc1cc(-c2ccccc2F)nc(C)n1)c1ccc(C)cc1. The maximum atomic E-state index is 14.0. The minimum atomic E-state index is -0.314. The molecule has 4 nitrogen and oxygen atoms in total. The molecule has 0 spiro atoms. The number of hydrazone groups is 1. The zero-order chi connectivity index (χ0) is 17.8. The molecule has 0 aliphatic rings. The van der Waals surface area contributed by atoms with Crippen LogP contribution in [0.5, 0.6) is 0 Å². The summed E-state index contributed by atoms with van der Waals surface area (Å²) in [6, 6.07) is 16.4. The molecule has 0 bridgehead atoms. The van der Waals surface area contributed by atoms with Crippen LogP contribution in [0.2, 0.25) is 0 Å². The van der Waals surface area contributed by atoms with Gasteiger partial charge in [-0.3, -0.25) is 5.43 Å². The average Bonchev–Trinajstić information content (AvgIpc) is 2.60. The topological polar surface area (TPSA) is 50.2 Å². The third-order valence-electron chi connectivity index (χ3n) is 3.80. The van der Waals surface area contributed by atoms with Gasteiger partial charge in [0, 0.05) is 11.6 Å². The second-order valence-corrected chi connectivity index (χ2v) is 5.84. The Morgan fingerprint density at radius 3 is 2.44 bits per heavy atom. The number of halogens is 1. The van der Waals surface area contributed by atoms with Crippen LogP contribution in [0.1, 0.15) is 23.9 Å². The summed E-state index contributed by atoms with van der Waals surface area (Å²) in [7, 11) is 0. The van der Waals surface area contributed by atoms with Gasteiger partial charge in [0.1, 0.15) is 11.6 Å². The first kappa shape index (κ1) is 16.8. The number of hydrogen-bond donors (Lipinski definition) is 1. The molecule has 126 valence electrons. The zero-order valence-electron chi connectivity index (χ0n) is 14.4. The Morgan fingerprint density at radius 1 is 1.00 bits per heavy atom. The fourth-order valence-electron chi connectivity index (χ4n) is 2.43. The first-order chi connectivity index (χ1) is 12.0. The number of nitrogens with zero attached hydrogens (tertiary/aromatic N) is 3. The molecule has 0 saturated carbocycles. The quantitative estimate of drug-likeness (QED) is 0.554. The molecule has 0 atom stereocenters. The summed E-state index contributed by atoms with van der Waals surface area (Å²) in [6.45, 7) is 5.73. The van der Waals surface area contributed by atoms with Crippen LogP contribution < -0.4 is 5.43 Å². The van der Waals surface area contributed by atoms with Gasteiger partial charge >= 0.3 is 0 Å². The third-order valence-corrected chi connectivity index (χ3v) is 3.80. The van der Waals surface area contributed by atoms with Gasteiger partial charge in [-0.05, 0) is 38.5 Å². The summed E-state index contributed by atoms with van der Waals surface area (Å²) in [5.74, 6) is 0.759. The Hall–Kier alpha value is -3.08. The fourth-order valence-corrected chi connectivity index (χ4v) is 2.43. The van der Waals surface area contributed by atoms with Crippen LogP contribution in [-0.4, -0.2) is 15.7 Å². The highest BCUT2D eigenvalue weighted by molar-refractivity contribution is 5.99. The largest absolute Gasteiger partial charge is 0.261 e. The van der Waals surface area contributed by atoms with Crippen LogP contribution in [-0.2, 0) is 0 Å². The fraction of sp³-hybridized carbons (Fsp3) is 0.150. The molecule has 0 radical (unpaired) electrons. The Morgan fingerprint density at radius 2 is 1.72 bits per heavy atom. The van der Waals surface area contributed by atoms with Crippen LogP contribution in [0.25, 0.3) is 11.3 Å². The van der Waals surface area contributed by atoms with Crippen molar-refractivity contribution in [2.24, 2.45) is 5.10 Å². The molecule has 0 saturated heterocycles. The first-order valence-electron chi connectivity index (χ1n) is 8.01. The van der Waals surface area contributed by atoms with Gasteiger partial charge in [-0.2, -0.15) is 5.10 Å². The summed E-state index contributed by atoms with van der Waals surface area (Å²) in [4.78, 5) is 8.64. The number of aromatic nitrogens is 2. The van der Waals surface area contributed by atoms with E-state index in [-0.39, 0.29) is 5.82 Å². The third kappa shape index (κ3) is 4.07. The van der Waals surface area contributed by atoms with Gasteiger partial charge in [0.2, 0.25) is 0 Å². The Bertz CT molecular complexity index is 917. The van der Waals surface area contributed by atoms with E-state index >= 15 is 0 Å². The van der Waals surface area contributed by atoms with Crippen molar-refractivity contribution < 1.29 is 4.39 Å². The van der Waals surface area contributed by atoms with Crippen LogP contribution in [0.3, 0.4) is 0 Å². The van der Waals surface area contributed by atoms with Crippen LogP contribution >= 0.6 is 0 Å². The van der Waals surface area contributed by atoms with Crippen LogP contribution in [0, 0.1) is 19.7 Å². The number of benzene rings is 2. The second kappa shape index (κ2) is 7.21. The molecular weight excluding hydrogens is 315 g/mol. The van der Waals surface area contributed by atoms with Gasteiger partial charge in [0.15, 0.2) is 5.82 Å². The van der Waals surface area contributed by atoms with Gasteiger partial charge in [0.25, 0.3) is 0 Å². The number of rotatable bonds is 4. The minimum absolute atomic E-state index is 0.314. The number of hydrogen-bond acceptors (Lipinski definition) is 4. The number of aryl methyl sites for hydroxylation is 2. The van der Waals surface area contributed by atoms with E-state index < -0.39 is 0 Å². The molecule has 25 heavy (non-hydrogen) atoms. The summed E-state index contributed by atoms with van der Waals surface area (Å²) in [5.41, 5.74) is 6.97. The summed E-state index contributed by atoms with van der Waals surface area (Å²) >= 11 is 0. The van der Waals surface area contributed by atoms with Crippen molar-refractivity contribution in [3.05, 3.63) is 77.4 Å². The van der Waals surface area contributed by atoms with Crippen LogP contribution in [0.15, 0.2) is 59.7 Å². The maximum Gasteiger partial charge on any atom is 0.150 e. The lowest BCUT2D eigenvalue weighted by atomic mass is 10.1. The molecule has 5 heteroatoms. The van der Waals surface area contributed by atoms with E-state index in [0.717, 1.165) is 11.3 Å². The predicted octanol–water partition coefficient (Wildman–Crippen LogP) is 4.74. The first-order valence-corrected chi connectivity index (χ1v) is 8.01. The molecule has 0 aliphatic heterocycles. The van der Waals surface area contributed by atoms with Crippen LogP contribution in [0.4, 0.5) is 10.2 Å². The van der Waals surface area contributed by atoms with Crippen molar-refractivity contribution >= 4 is 11.5 Å². The molecule has 2 aromatic carbocycles. The molecule has 0 amide bonds. The van der Waals surface area contributed by atoms with E-state index in [4.69, 9.17) is 0 Å². The molecule has 0 aliphatic carbocycles. The Kier molecular flexibility index (Phi) is 4.84. The van der Waals surface area contributed by atoms with Crippen molar-refractivity contribution in [1.82, 2.24) is 9.97 Å². The average molecular weight is 334 g/mol. The van der Waals surface area contributed by atoms with E-state index in [1.807, 2.05) is 38.1 Å². The van der Waals surface area contributed by atoms with Crippen molar-refractivity contribution in [2.75, 3.05) is 5.43 Å². The Balaban J connectivity index is 1.87. The molecule has 1 N–H and O–H groups in total. The van der Waals surface area contributed by atoms with Gasteiger partial charge in [-0.1, -0.05) is 42.0 Å². The maximum absolute atomic E-state index is 14.0. The van der Waals surface area contributed by atoms with Gasteiger partial charge in [-0.25, -0.2) is 14.4 Å². The number of anilines is 1. The van der Waals surface area contributed by atoms with E-state index in [1.165, 1.54) is 11.6 Å². The van der Waals surface area contributed by atoms with Gasteiger partial charge < -0.3 is 0 Å². The van der Waals surface area contributed by atoms with E-state index in [1.54, 1.807) is 31.2 Å². The van der Waals surface area contributed by atoms with E-state index in [0.29, 0.717) is 22.9 Å². The number of nitrogens with one attached hydrogen (secondary N) is 1. The van der Waals surface area contributed by atoms with Gasteiger partial charge in [0.05, 0.1) is 11.4 Å². The van der Waals surface area contributed by atoms with Crippen molar-refractivity contribution in [3.63, 3.8) is 0 Å². The molecule has 1 aromatic heterocycles. The smallest absolute Gasteiger partial charge is 0.150 e. The molecule has 1 heterocycles. The molecule has 0 fully saturated rings. The minimum Gasteiger partial charge on any atom is -0.261 e. The van der Waals surface area contributed by atoms with Crippen molar-refractivity contribution in [1.29, 1.82) is 0 Å².